The zero-order valence-electron chi connectivity index (χ0n) is 67.1. The molecule has 620 valence electrons. The number of anilines is 3. The molecule has 4 aromatic carbocycles. The number of benzene rings is 4. The minimum absolute atomic E-state index is 0.0984. The number of ether oxygens (including phenoxy) is 2. The number of rotatable bonds is 24. The molecule has 10 aromatic rings. The second kappa shape index (κ2) is 42.7. The third-order valence-corrected chi connectivity index (χ3v) is 27.1. The first-order chi connectivity index (χ1) is 56.6. The van der Waals surface area contributed by atoms with Crippen LogP contribution in [0.2, 0.25) is 0 Å². The van der Waals surface area contributed by atoms with Crippen LogP contribution in [-0.2, 0) is 22.7 Å². The maximum Gasteiger partial charge on any atom is 0.410 e. The van der Waals surface area contributed by atoms with Crippen LogP contribution >= 0.6 is 61.3 Å². The summed E-state index contributed by atoms with van der Waals surface area (Å²) in [5.74, 6) is 1.92. The number of carbonyl (C=O) groups excluding carboxylic acids is 3. The highest BCUT2D eigenvalue weighted by Gasteiger charge is 2.36. The summed E-state index contributed by atoms with van der Waals surface area (Å²) in [6.45, 7) is 12.0. The molecule has 0 spiro atoms. The Labute approximate surface area is 704 Å². The van der Waals surface area contributed by atoms with Gasteiger partial charge in [0.2, 0.25) is 15.4 Å². The van der Waals surface area contributed by atoms with Gasteiger partial charge in [0.05, 0.1) is 0 Å². The van der Waals surface area contributed by atoms with Crippen molar-refractivity contribution in [1.29, 1.82) is 0 Å². The number of aromatic nitrogens is 10. The van der Waals surface area contributed by atoms with Gasteiger partial charge in [-0.2, -0.15) is 0 Å². The highest BCUT2D eigenvalue weighted by atomic mass is 79.9. The van der Waals surface area contributed by atoms with Crippen molar-refractivity contribution in [2.45, 2.75) is 267 Å². The summed E-state index contributed by atoms with van der Waals surface area (Å²) in [6, 6.07) is 41.5. The quantitative estimate of drug-likeness (QED) is 0.0279. The van der Waals surface area contributed by atoms with Crippen LogP contribution in [-0.4, -0.2) is 169 Å². The van der Waals surface area contributed by atoms with Crippen molar-refractivity contribution in [3.63, 3.8) is 0 Å². The van der Waals surface area contributed by atoms with Gasteiger partial charge in [0.15, 0.2) is 3.92 Å². The van der Waals surface area contributed by atoms with Crippen molar-refractivity contribution < 1.29 is 33.8 Å². The third kappa shape index (κ3) is 25.5. The summed E-state index contributed by atoms with van der Waals surface area (Å²) >= 11 is 10.1. The number of H-pyrrole nitrogens is 2. The number of para-hydroxylation sites is 2. The molecule has 0 aliphatic heterocycles. The number of hydrogen-bond donors (Lipinski definition) is 8. The van der Waals surface area contributed by atoms with Crippen LogP contribution < -0.4 is 27.0 Å². The van der Waals surface area contributed by atoms with Crippen molar-refractivity contribution in [2.75, 3.05) is 42.1 Å². The van der Waals surface area contributed by atoms with E-state index in [-0.39, 0.29) is 48.0 Å². The molecule has 6 aromatic heterocycles. The Morgan fingerprint density at radius 1 is 0.448 bits per heavy atom. The number of aromatic amines is 2. The predicted octanol–water partition coefficient (Wildman–Crippen LogP) is 19.3. The number of carboxylic acid groups (broad SMARTS) is 1. The van der Waals surface area contributed by atoms with Crippen LogP contribution in [0.1, 0.15) is 258 Å². The fourth-order valence-electron chi connectivity index (χ4n) is 15.8. The third-order valence-electron chi connectivity index (χ3n) is 22.6. The van der Waals surface area contributed by atoms with E-state index in [4.69, 9.17) is 20.3 Å². The van der Waals surface area contributed by atoms with E-state index in [1.54, 1.807) is 51.4 Å². The molecule has 18 rings (SSSR count). The van der Waals surface area contributed by atoms with E-state index in [1.165, 1.54) is 92.1 Å². The SMILES string of the molecule is Brc1nnc(C2CC2)s1.CCN(C(=O)OCc1ccccc1)[C@H]1CCC[C@@H](N)C1.CCN(C(=O)OCc1ccccc1)[C@H]1CCC[C@@H](Nc2nnc(C3CC3)s2)C1.CCN(C(=O)c1cc2ccccc2[nH]1)[C@H]1CCC[C@@H](Nc2nnc(C3CC3)s2)C1.CCN[C@H]1CCC[C@@H](Nc2nnc(C3CC3)s2)C1.O=C(O)c1cc2ccccc2[nH]1. The minimum Gasteiger partial charge on any atom is -0.477 e. The van der Waals surface area contributed by atoms with Crippen LogP contribution in [0.15, 0.2) is 125 Å². The van der Waals surface area contributed by atoms with Crippen molar-refractivity contribution >= 4 is 123 Å². The normalized spacial score (nSPS) is 21.5. The van der Waals surface area contributed by atoms with Gasteiger partial charge < -0.3 is 66.2 Å². The zero-order chi connectivity index (χ0) is 80.7. The molecule has 8 fully saturated rings. The average molecular weight is 1720 g/mol. The molecule has 116 heavy (non-hydrogen) atoms. The molecule has 0 radical (unpaired) electrons. The van der Waals surface area contributed by atoms with Gasteiger partial charge >= 0.3 is 18.2 Å². The average Bonchev–Trinajstić information content (AvgIpc) is 1.29. The van der Waals surface area contributed by atoms with Crippen molar-refractivity contribution in [1.82, 2.24) is 70.8 Å². The molecule has 8 aliphatic rings. The second-order valence-electron chi connectivity index (χ2n) is 31.6. The first-order valence-corrected chi connectivity index (χ1v) is 46.1. The number of hydrogen-bond acceptors (Lipinski definition) is 23. The van der Waals surface area contributed by atoms with Crippen molar-refractivity contribution in [3.8, 4) is 0 Å². The van der Waals surface area contributed by atoms with E-state index in [2.05, 4.69) is 102 Å². The molecule has 8 saturated carbocycles. The molecule has 8 aliphatic carbocycles. The molecule has 25 nitrogen and oxygen atoms in total. The zero-order valence-corrected chi connectivity index (χ0v) is 71.9. The van der Waals surface area contributed by atoms with Crippen molar-refractivity contribution in [2.24, 2.45) is 5.73 Å². The van der Waals surface area contributed by atoms with E-state index >= 15 is 0 Å². The van der Waals surface area contributed by atoms with E-state index < -0.39 is 5.97 Å². The summed E-state index contributed by atoms with van der Waals surface area (Å²) in [5.41, 5.74) is 10.8. The Balaban J connectivity index is 0.000000126. The van der Waals surface area contributed by atoms with Crippen LogP contribution in [0, 0.1) is 0 Å². The summed E-state index contributed by atoms with van der Waals surface area (Å²) < 4.78 is 11.9. The van der Waals surface area contributed by atoms with E-state index in [0.29, 0.717) is 68.0 Å². The molecular formula is C86H113BrN18O7S4. The van der Waals surface area contributed by atoms with Gasteiger partial charge in [-0.15, -0.1) is 40.8 Å². The van der Waals surface area contributed by atoms with Gasteiger partial charge in [-0.05, 0) is 233 Å². The molecule has 9 N–H and O–H groups in total. The topological polar surface area (TPSA) is 326 Å². The lowest BCUT2D eigenvalue weighted by Crippen LogP contribution is -2.45. The number of nitrogens with one attached hydrogen (secondary N) is 6. The number of carbonyl (C=O) groups is 4. The molecule has 6 heterocycles. The summed E-state index contributed by atoms with van der Waals surface area (Å²) in [6.07, 6.45) is 27.3. The highest BCUT2D eigenvalue weighted by molar-refractivity contribution is 9.11. The van der Waals surface area contributed by atoms with Crippen LogP contribution in [0.25, 0.3) is 21.8 Å². The first-order valence-electron chi connectivity index (χ1n) is 42.0. The Morgan fingerprint density at radius 2 is 0.828 bits per heavy atom. The number of fused-ring (bicyclic) bond motifs is 2. The molecule has 3 amide bonds. The fraction of sp³-hybridized carbons (Fsp3) is 0.535. The minimum atomic E-state index is -0.925. The number of nitrogens with two attached hydrogens (primary N) is 1. The van der Waals surface area contributed by atoms with E-state index in [9.17, 15) is 19.2 Å². The lowest BCUT2D eigenvalue weighted by molar-refractivity contribution is 0.0634. The highest BCUT2D eigenvalue weighted by Crippen LogP contribution is 2.45. The van der Waals surface area contributed by atoms with E-state index in [1.807, 2.05) is 144 Å². The Hall–Kier alpha value is -8.52. The molecule has 0 bridgehead atoms. The van der Waals surface area contributed by atoms with Crippen LogP contribution in [0.3, 0.4) is 0 Å². The maximum atomic E-state index is 13.2. The number of nitrogens with zero attached hydrogens (tertiary/aromatic N) is 11. The number of halogens is 1. The lowest BCUT2D eigenvalue weighted by Gasteiger charge is -2.37. The van der Waals surface area contributed by atoms with Gasteiger partial charge in [-0.25, -0.2) is 14.4 Å². The van der Waals surface area contributed by atoms with Crippen molar-refractivity contribution in [3.05, 3.63) is 168 Å². The molecule has 8 atom stereocenters. The second-order valence-corrected chi connectivity index (χ2v) is 36.9. The van der Waals surface area contributed by atoms with Crippen LogP contribution in [0.5, 0.6) is 0 Å². The monoisotopic (exact) mass is 1720 g/mol. The smallest absolute Gasteiger partial charge is 0.410 e. The standard InChI is InChI=1S/C22H27N5OS.C21H28N4O2S.C16H24N2O2.C13H22N4S.C9H7NO2.C5H5BrN2S/c1-2-27(21(28)19-12-15-6-3-4-9-18(15)24-19)17-8-5-7-16(13-17)23-22-26-25-20(29-22)14-10-11-14;1-2-25(21(26)27-14-15-7-4-3-5-8-15)18-10-6-9-17(13-18)22-20-24-23-19(28-20)16-11-12-16;1-2-18(15-10-6-9-14(17)11-15)16(19)20-12-13-7-4-3-5-8-13;1-2-14-10-4-3-5-11(8-10)15-13-17-16-12(18-13)9-6-7-9;11-9(12)8-5-6-3-1-2-4-7(6)10-8;6-5-8-7-4(9-5)3-1-2-3/h3-4,6,9,12,14,16-17,24H,2,5,7-8,10-11,13H2,1H3,(H,23,26);3-5,7-8,16-18H,2,6,9-14H2,1H3,(H,22,24);3-5,7-8,14-15H,2,6,9-12,17H2,1H3;9-11,14H,2-8H2,1H3,(H,15,17);1-5,10H,(H,11,12);3H,1-2H2/t16-,17+;17-,18+;14-,15+;10-,11+;;/m1110../s1. The Morgan fingerprint density at radius 3 is 1.24 bits per heavy atom. The molecule has 30 heteroatoms. The fourth-order valence-corrected chi connectivity index (χ4v) is 20.1. The number of carboxylic acids is 1. The molecular weight excluding hydrogens is 1610 g/mol. The first kappa shape index (κ1) is 85.4. The maximum absolute atomic E-state index is 13.2. The Bertz CT molecular complexity index is 4630. The van der Waals surface area contributed by atoms with E-state index in [0.717, 1.165) is 159 Å². The largest absolute Gasteiger partial charge is 0.477 e. The van der Waals surface area contributed by atoms with Gasteiger partial charge in [0.25, 0.3) is 5.91 Å². The Kier molecular flexibility index (Phi) is 31.5. The summed E-state index contributed by atoms with van der Waals surface area (Å²) in [5, 5.41) is 66.3. The van der Waals surface area contributed by atoms with Crippen LogP contribution in [0.4, 0.5) is 25.0 Å². The molecule has 0 unspecified atom stereocenters. The van der Waals surface area contributed by atoms with Gasteiger partial charge in [0, 0.05) is 113 Å². The summed E-state index contributed by atoms with van der Waals surface area (Å²) in [7, 11) is 0. The molecule has 0 saturated heterocycles. The van der Waals surface area contributed by atoms with Gasteiger partial charge in [-0.1, -0.05) is 149 Å². The summed E-state index contributed by atoms with van der Waals surface area (Å²) in [4.78, 5) is 60.5. The van der Waals surface area contributed by atoms with Gasteiger partial charge in [-0.3, -0.25) is 4.79 Å². The number of aromatic carboxylic acids is 1. The predicted molar refractivity (Wildman–Crippen MR) is 466 cm³/mol. The van der Waals surface area contributed by atoms with Gasteiger partial charge in [0.1, 0.15) is 44.6 Å². The number of amides is 3. The lowest BCUT2D eigenvalue weighted by atomic mass is 9.90.